The zero-order chi connectivity index (χ0) is 17.1. The first-order valence-electron chi connectivity index (χ1n) is 7.45. The first-order chi connectivity index (χ1) is 11.5. The van der Waals surface area contributed by atoms with Crippen LogP contribution in [0.15, 0.2) is 36.4 Å². The van der Waals surface area contributed by atoms with Crippen LogP contribution in [-0.4, -0.2) is 19.2 Å². The number of carbonyl (C=O) groups is 1. The summed E-state index contributed by atoms with van der Waals surface area (Å²) in [6.07, 6.45) is 0. The van der Waals surface area contributed by atoms with E-state index in [1.807, 2.05) is 25.1 Å². The van der Waals surface area contributed by atoms with Crippen LogP contribution in [0.4, 0.5) is 10.5 Å². The molecule has 2 N–H and O–H groups in total. The Morgan fingerprint density at radius 1 is 1.04 bits per heavy atom. The molecule has 24 heavy (non-hydrogen) atoms. The summed E-state index contributed by atoms with van der Waals surface area (Å²) in [5, 5.41) is 6.41. The highest BCUT2D eigenvalue weighted by Crippen LogP contribution is 2.32. The Kier molecular flexibility index (Phi) is 5.02. The van der Waals surface area contributed by atoms with Gasteiger partial charge in [-0.3, -0.25) is 0 Å². The molecule has 0 saturated heterocycles. The van der Waals surface area contributed by atoms with Crippen molar-refractivity contribution in [3.63, 3.8) is 0 Å². The lowest BCUT2D eigenvalue weighted by atomic mass is 10.1. The fourth-order valence-corrected chi connectivity index (χ4v) is 2.65. The molecule has 2 aromatic carbocycles. The molecule has 0 radical (unpaired) electrons. The van der Waals surface area contributed by atoms with Gasteiger partial charge in [-0.25, -0.2) is 4.79 Å². The number of halogens is 2. The van der Waals surface area contributed by atoms with Gasteiger partial charge in [-0.2, -0.15) is 0 Å². The van der Waals surface area contributed by atoms with Crippen molar-refractivity contribution in [3.8, 4) is 11.5 Å². The minimum Gasteiger partial charge on any atom is -0.486 e. The highest BCUT2D eigenvalue weighted by atomic mass is 35.5. The second kappa shape index (κ2) is 7.20. The Labute approximate surface area is 149 Å². The average Bonchev–Trinajstić information content (AvgIpc) is 2.57. The highest BCUT2D eigenvalue weighted by molar-refractivity contribution is 6.42. The molecule has 1 aliphatic heterocycles. The molecule has 0 saturated carbocycles. The van der Waals surface area contributed by atoms with Gasteiger partial charge in [-0.05, 0) is 42.8 Å². The zero-order valence-corrected chi connectivity index (χ0v) is 14.4. The third-order valence-electron chi connectivity index (χ3n) is 3.59. The molecule has 2 amide bonds. The Hall–Kier alpha value is -2.11. The van der Waals surface area contributed by atoms with E-state index in [4.69, 9.17) is 32.7 Å². The predicted molar refractivity (Wildman–Crippen MR) is 94.5 cm³/mol. The number of ether oxygens (including phenoxy) is 2. The summed E-state index contributed by atoms with van der Waals surface area (Å²) in [6, 6.07) is 9.99. The SMILES string of the molecule is C[C@@H](NC(=O)Nc1ccc(Cl)c(Cl)c1)c1ccc2c(c1)OCCO2. The van der Waals surface area contributed by atoms with Gasteiger partial charge in [-0.1, -0.05) is 29.3 Å². The summed E-state index contributed by atoms with van der Waals surface area (Å²) in [7, 11) is 0. The Morgan fingerprint density at radius 2 is 1.79 bits per heavy atom. The second-order valence-electron chi connectivity index (χ2n) is 5.35. The van der Waals surface area contributed by atoms with E-state index in [2.05, 4.69) is 10.6 Å². The van der Waals surface area contributed by atoms with Gasteiger partial charge in [0.05, 0.1) is 16.1 Å². The van der Waals surface area contributed by atoms with E-state index in [-0.39, 0.29) is 12.1 Å². The van der Waals surface area contributed by atoms with E-state index in [0.29, 0.717) is 34.7 Å². The van der Waals surface area contributed by atoms with Crippen LogP contribution in [-0.2, 0) is 0 Å². The number of hydrogen-bond donors (Lipinski definition) is 2. The Balaban J connectivity index is 1.64. The van der Waals surface area contributed by atoms with Crippen molar-refractivity contribution >= 4 is 34.9 Å². The molecule has 1 heterocycles. The lowest BCUT2D eigenvalue weighted by molar-refractivity contribution is 0.171. The predicted octanol–water partition coefficient (Wildman–Crippen LogP) is 4.65. The number of nitrogens with one attached hydrogen (secondary N) is 2. The maximum atomic E-state index is 12.1. The summed E-state index contributed by atoms with van der Waals surface area (Å²) in [5.41, 5.74) is 1.49. The van der Waals surface area contributed by atoms with Gasteiger partial charge in [0, 0.05) is 5.69 Å². The van der Waals surface area contributed by atoms with Gasteiger partial charge >= 0.3 is 6.03 Å². The lowest BCUT2D eigenvalue weighted by Crippen LogP contribution is -2.31. The molecular weight excluding hydrogens is 351 g/mol. The van der Waals surface area contributed by atoms with Crippen LogP contribution in [0.2, 0.25) is 10.0 Å². The van der Waals surface area contributed by atoms with E-state index in [9.17, 15) is 4.79 Å². The smallest absolute Gasteiger partial charge is 0.319 e. The molecule has 3 rings (SSSR count). The van der Waals surface area contributed by atoms with Crippen LogP contribution >= 0.6 is 23.2 Å². The molecule has 0 spiro atoms. The molecular formula is C17H16Cl2N2O3. The molecule has 1 atom stereocenters. The molecule has 0 aliphatic carbocycles. The van der Waals surface area contributed by atoms with Crippen molar-refractivity contribution in [2.75, 3.05) is 18.5 Å². The topological polar surface area (TPSA) is 59.6 Å². The first kappa shape index (κ1) is 16.7. The summed E-state index contributed by atoms with van der Waals surface area (Å²) in [6.45, 7) is 2.96. The fraction of sp³-hybridized carbons (Fsp3) is 0.235. The van der Waals surface area contributed by atoms with Crippen molar-refractivity contribution in [2.45, 2.75) is 13.0 Å². The van der Waals surface area contributed by atoms with Crippen LogP contribution in [0.25, 0.3) is 0 Å². The number of benzene rings is 2. The van der Waals surface area contributed by atoms with Crippen LogP contribution in [0, 0.1) is 0 Å². The first-order valence-corrected chi connectivity index (χ1v) is 8.20. The third-order valence-corrected chi connectivity index (χ3v) is 4.33. The van der Waals surface area contributed by atoms with Gasteiger partial charge in [0.15, 0.2) is 11.5 Å². The third kappa shape index (κ3) is 3.86. The van der Waals surface area contributed by atoms with Crippen LogP contribution < -0.4 is 20.1 Å². The van der Waals surface area contributed by atoms with Crippen molar-refractivity contribution in [3.05, 3.63) is 52.0 Å². The number of carbonyl (C=O) groups excluding carboxylic acids is 1. The monoisotopic (exact) mass is 366 g/mol. The second-order valence-corrected chi connectivity index (χ2v) is 6.17. The number of urea groups is 1. The normalized spacial score (nSPS) is 14.0. The molecule has 126 valence electrons. The van der Waals surface area contributed by atoms with Gasteiger partial charge in [0.2, 0.25) is 0 Å². The lowest BCUT2D eigenvalue weighted by Gasteiger charge is -2.21. The minimum absolute atomic E-state index is 0.205. The van der Waals surface area contributed by atoms with Crippen molar-refractivity contribution in [2.24, 2.45) is 0 Å². The maximum Gasteiger partial charge on any atom is 0.319 e. The highest BCUT2D eigenvalue weighted by Gasteiger charge is 2.16. The van der Waals surface area contributed by atoms with Crippen LogP contribution in [0.5, 0.6) is 11.5 Å². The number of fused-ring (bicyclic) bond motifs is 1. The van der Waals surface area contributed by atoms with E-state index < -0.39 is 0 Å². The van der Waals surface area contributed by atoms with Gasteiger partial charge in [-0.15, -0.1) is 0 Å². The van der Waals surface area contributed by atoms with E-state index in [0.717, 1.165) is 11.3 Å². The molecule has 0 bridgehead atoms. The molecule has 0 aromatic heterocycles. The standard InChI is InChI=1S/C17H16Cl2N2O3/c1-10(11-2-5-15-16(8-11)24-7-6-23-15)20-17(22)21-12-3-4-13(18)14(19)9-12/h2-5,8-10H,6-7H2,1H3,(H2,20,21,22)/t10-/m1/s1. The zero-order valence-electron chi connectivity index (χ0n) is 12.9. The summed E-state index contributed by atoms with van der Waals surface area (Å²) in [5.74, 6) is 1.41. The summed E-state index contributed by atoms with van der Waals surface area (Å²) in [4.78, 5) is 12.1. The van der Waals surface area contributed by atoms with Gasteiger partial charge < -0.3 is 20.1 Å². The van der Waals surface area contributed by atoms with Crippen molar-refractivity contribution < 1.29 is 14.3 Å². The average molecular weight is 367 g/mol. The Bertz CT molecular complexity index is 767. The molecule has 0 fully saturated rings. The maximum absolute atomic E-state index is 12.1. The summed E-state index contributed by atoms with van der Waals surface area (Å²) < 4.78 is 11.0. The van der Waals surface area contributed by atoms with Crippen LogP contribution in [0.1, 0.15) is 18.5 Å². The number of amides is 2. The van der Waals surface area contributed by atoms with Crippen LogP contribution in [0.3, 0.4) is 0 Å². The van der Waals surface area contributed by atoms with E-state index in [1.165, 1.54) is 0 Å². The largest absolute Gasteiger partial charge is 0.486 e. The minimum atomic E-state index is -0.337. The summed E-state index contributed by atoms with van der Waals surface area (Å²) >= 11 is 11.8. The van der Waals surface area contributed by atoms with Gasteiger partial charge in [0.25, 0.3) is 0 Å². The van der Waals surface area contributed by atoms with E-state index >= 15 is 0 Å². The number of rotatable bonds is 3. The number of hydrogen-bond acceptors (Lipinski definition) is 3. The Morgan fingerprint density at radius 3 is 2.54 bits per heavy atom. The van der Waals surface area contributed by atoms with E-state index in [1.54, 1.807) is 18.2 Å². The van der Waals surface area contributed by atoms with Crippen molar-refractivity contribution in [1.82, 2.24) is 5.32 Å². The van der Waals surface area contributed by atoms with Crippen molar-refractivity contribution in [1.29, 1.82) is 0 Å². The molecule has 7 heteroatoms. The molecule has 5 nitrogen and oxygen atoms in total. The fourth-order valence-electron chi connectivity index (χ4n) is 2.35. The number of anilines is 1. The molecule has 1 aliphatic rings. The van der Waals surface area contributed by atoms with Gasteiger partial charge in [0.1, 0.15) is 13.2 Å². The molecule has 0 unspecified atom stereocenters. The molecule has 2 aromatic rings. The quantitative estimate of drug-likeness (QED) is 0.831.